The molecule has 3 N–H and O–H groups in total. The number of nitrogens with zero attached hydrogens (tertiary/aromatic N) is 1. The third-order valence-corrected chi connectivity index (χ3v) is 6.59. The topological polar surface area (TPSA) is 119 Å². The molecule has 1 atom stereocenters. The second kappa shape index (κ2) is 12.0. The highest BCUT2D eigenvalue weighted by Gasteiger charge is 2.21. The molecule has 0 saturated carbocycles. The number of benzene rings is 2. The number of allylic oxidation sites excluding steroid dienone is 1. The van der Waals surface area contributed by atoms with Gasteiger partial charge in [0.1, 0.15) is 0 Å². The molecule has 3 aromatic rings. The molecule has 0 aliphatic carbocycles. The first-order valence-electron chi connectivity index (χ1n) is 11.1. The number of carbonyl (C=O) groups is 2. The number of ketones is 1. The van der Waals surface area contributed by atoms with Crippen molar-refractivity contribution < 1.29 is 34.0 Å². The number of hydrogen-bond donors (Lipinski definition) is 3. The van der Waals surface area contributed by atoms with Gasteiger partial charge in [0.15, 0.2) is 17.3 Å². The van der Waals surface area contributed by atoms with Gasteiger partial charge < -0.3 is 34.3 Å². The van der Waals surface area contributed by atoms with Crippen LogP contribution in [0.5, 0.6) is 17.2 Å². The number of aliphatic hydroxyl groups excluding tert-OH is 2. The van der Waals surface area contributed by atoms with Crippen LogP contribution >= 0.6 is 11.8 Å². The smallest absolute Gasteiger partial charge is 0.221 e. The third kappa shape index (κ3) is 6.01. The highest BCUT2D eigenvalue weighted by atomic mass is 32.2. The minimum atomic E-state index is -0.987. The maximum absolute atomic E-state index is 13.7. The number of nitrogens with one attached hydrogen (secondary N) is 1. The molecule has 0 aliphatic heterocycles. The number of rotatable bonds is 11. The van der Waals surface area contributed by atoms with E-state index < -0.39 is 12.7 Å². The van der Waals surface area contributed by atoms with Crippen LogP contribution in [0.25, 0.3) is 17.0 Å². The predicted molar refractivity (Wildman–Crippen MR) is 141 cm³/mol. The summed E-state index contributed by atoms with van der Waals surface area (Å²) in [5, 5.41) is 22.9. The Morgan fingerprint density at radius 1 is 1.11 bits per heavy atom. The van der Waals surface area contributed by atoms with Gasteiger partial charge in [0, 0.05) is 48.1 Å². The molecule has 0 fully saturated rings. The van der Waals surface area contributed by atoms with E-state index in [1.54, 1.807) is 24.3 Å². The number of amides is 1. The number of fused-ring (bicyclic) bond motifs is 1. The van der Waals surface area contributed by atoms with Crippen LogP contribution in [-0.2, 0) is 11.8 Å². The summed E-state index contributed by atoms with van der Waals surface area (Å²) in [5.74, 6) is 0.702. The van der Waals surface area contributed by atoms with Gasteiger partial charge in [-0.3, -0.25) is 9.59 Å². The molecule has 3 rings (SSSR count). The predicted octanol–water partition coefficient (Wildman–Crippen LogP) is 3.47. The van der Waals surface area contributed by atoms with E-state index in [9.17, 15) is 19.8 Å². The fraction of sp³-hybridized carbons (Fsp3) is 0.308. The Labute approximate surface area is 213 Å². The monoisotopic (exact) mass is 514 g/mol. The molecule has 10 heteroatoms. The normalized spacial score (nSPS) is 12.4. The Morgan fingerprint density at radius 2 is 1.78 bits per heavy atom. The van der Waals surface area contributed by atoms with Crippen molar-refractivity contribution in [2.75, 3.05) is 39.0 Å². The van der Waals surface area contributed by atoms with Gasteiger partial charge in [0.05, 0.1) is 44.5 Å². The van der Waals surface area contributed by atoms with E-state index in [2.05, 4.69) is 5.32 Å². The van der Waals surface area contributed by atoms with Crippen LogP contribution in [0, 0.1) is 0 Å². The summed E-state index contributed by atoms with van der Waals surface area (Å²) in [7, 11) is 6.30. The third-order valence-electron chi connectivity index (χ3n) is 5.42. The average molecular weight is 515 g/mol. The van der Waals surface area contributed by atoms with E-state index in [-0.39, 0.29) is 17.4 Å². The molecule has 192 valence electrons. The SMILES string of the molecule is COc1cc(C(=O)/C(=C/c2cn(C)c3cc(NC(C)=O)ccc23)SCC(O)CO)cc(OC)c1OC. The quantitative estimate of drug-likeness (QED) is 0.263. The van der Waals surface area contributed by atoms with Gasteiger partial charge >= 0.3 is 0 Å². The molecule has 1 unspecified atom stereocenters. The summed E-state index contributed by atoms with van der Waals surface area (Å²) in [4.78, 5) is 25.5. The lowest BCUT2D eigenvalue weighted by molar-refractivity contribution is -0.114. The number of aromatic nitrogens is 1. The number of carbonyl (C=O) groups excluding carboxylic acids is 2. The minimum absolute atomic E-state index is 0.121. The number of Topliss-reactive ketones (excluding diaryl/α,β-unsaturated/α-hetero) is 1. The lowest BCUT2D eigenvalue weighted by Gasteiger charge is -2.15. The molecule has 0 aliphatic rings. The summed E-state index contributed by atoms with van der Waals surface area (Å²) < 4.78 is 18.0. The first kappa shape index (κ1) is 27.1. The molecule has 0 bridgehead atoms. The van der Waals surface area contributed by atoms with Gasteiger partial charge in [0.25, 0.3) is 0 Å². The van der Waals surface area contributed by atoms with E-state index in [1.165, 1.54) is 28.3 Å². The van der Waals surface area contributed by atoms with Crippen LogP contribution < -0.4 is 19.5 Å². The van der Waals surface area contributed by atoms with Gasteiger partial charge in [-0.25, -0.2) is 0 Å². The molecule has 1 amide bonds. The molecule has 2 aromatic carbocycles. The fourth-order valence-corrected chi connectivity index (χ4v) is 4.66. The van der Waals surface area contributed by atoms with E-state index >= 15 is 0 Å². The maximum atomic E-state index is 13.7. The van der Waals surface area contributed by atoms with Crippen molar-refractivity contribution in [2.24, 2.45) is 7.05 Å². The molecule has 1 heterocycles. The Hall–Kier alpha value is -3.47. The highest BCUT2D eigenvalue weighted by molar-refractivity contribution is 8.04. The summed E-state index contributed by atoms with van der Waals surface area (Å²) in [6.07, 6.45) is 2.65. The number of hydrogen-bond acceptors (Lipinski definition) is 8. The standard InChI is InChI=1S/C26H30N2O7S/c1-15(30)27-18-6-7-20-17(12-28(2)21(20)11-18)10-24(36-14-19(31)13-29)25(32)16-8-22(33-3)26(35-5)23(9-16)34-4/h6-12,19,29,31H,13-14H2,1-5H3,(H,27,30)/b24-10-. The Kier molecular flexibility index (Phi) is 9.03. The minimum Gasteiger partial charge on any atom is -0.493 e. The fourth-order valence-electron chi connectivity index (χ4n) is 3.72. The van der Waals surface area contributed by atoms with Crippen molar-refractivity contribution in [1.82, 2.24) is 4.57 Å². The van der Waals surface area contributed by atoms with Crippen LogP contribution in [-0.4, -0.2) is 66.3 Å². The lowest BCUT2D eigenvalue weighted by atomic mass is 10.1. The van der Waals surface area contributed by atoms with Crippen LogP contribution in [0.3, 0.4) is 0 Å². The second-order valence-corrected chi connectivity index (χ2v) is 9.07. The van der Waals surface area contributed by atoms with E-state index in [4.69, 9.17) is 14.2 Å². The van der Waals surface area contributed by atoms with Crippen molar-refractivity contribution in [3.63, 3.8) is 0 Å². The highest BCUT2D eigenvalue weighted by Crippen LogP contribution is 2.40. The van der Waals surface area contributed by atoms with Crippen molar-refractivity contribution >= 4 is 46.1 Å². The molecule has 9 nitrogen and oxygen atoms in total. The molecule has 0 radical (unpaired) electrons. The van der Waals surface area contributed by atoms with Gasteiger partial charge in [-0.05, 0) is 30.3 Å². The largest absolute Gasteiger partial charge is 0.493 e. The first-order valence-corrected chi connectivity index (χ1v) is 12.1. The Bertz CT molecular complexity index is 1270. The second-order valence-electron chi connectivity index (χ2n) is 8.01. The zero-order valence-corrected chi connectivity index (χ0v) is 21.6. The number of aryl methyl sites for hydroxylation is 1. The Morgan fingerprint density at radius 3 is 2.33 bits per heavy atom. The summed E-state index contributed by atoms with van der Waals surface area (Å²) >= 11 is 1.14. The Balaban J connectivity index is 2.10. The summed E-state index contributed by atoms with van der Waals surface area (Å²) in [5.41, 5.74) is 2.63. The molecule has 0 spiro atoms. The molecule has 36 heavy (non-hydrogen) atoms. The van der Waals surface area contributed by atoms with Crippen LogP contribution in [0.1, 0.15) is 22.8 Å². The first-order chi connectivity index (χ1) is 17.2. The zero-order chi connectivity index (χ0) is 26.4. The van der Waals surface area contributed by atoms with Crippen LogP contribution in [0.4, 0.5) is 5.69 Å². The zero-order valence-electron chi connectivity index (χ0n) is 20.8. The van der Waals surface area contributed by atoms with Crippen LogP contribution in [0.2, 0.25) is 0 Å². The molecular formula is C26H30N2O7S. The molecular weight excluding hydrogens is 484 g/mol. The van der Waals surface area contributed by atoms with Gasteiger partial charge in [-0.2, -0.15) is 0 Å². The van der Waals surface area contributed by atoms with Gasteiger partial charge in [-0.15, -0.1) is 11.8 Å². The number of methoxy groups -OCH3 is 3. The number of thioether (sulfide) groups is 1. The number of anilines is 1. The molecule has 1 aromatic heterocycles. The van der Waals surface area contributed by atoms with Crippen molar-refractivity contribution in [1.29, 1.82) is 0 Å². The summed E-state index contributed by atoms with van der Waals surface area (Å²) in [6.45, 7) is 1.03. The van der Waals surface area contributed by atoms with Crippen molar-refractivity contribution in [3.05, 3.63) is 52.6 Å². The van der Waals surface area contributed by atoms with E-state index in [1.807, 2.05) is 29.9 Å². The van der Waals surface area contributed by atoms with Crippen molar-refractivity contribution in [3.8, 4) is 17.2 Å². The summed E-state index contributed by atoms with van der Waals surface area (Å²) in [6, 6.07) is 8.68. The van der Waals surface area contributed by atoms with Crippen molar-refractivity contribution in [2.45, 2.75) is 13.0 Å². The molecule has 0 saturated heterocycles. The maximum Gasteiger partial charge on any atom is 0.221 e. The average Bonchev–Trinajstić information content (AvgIpc) is 3.18. The number of ether oxygens (including phenoxy) is 3. The van der Waals surface area contributed by atoms with E-state index in [0.717, 1.165) is 28.2 Å². The van der Waals surface area contributed by atoms with Crippen LogP contribution in [0.15, 0.2) is 41.4 Å². The lowest BCUT2D eigenvalue weighted by Crippen LogP contribution is -2.16. The van der Waals surface area contributed by atoms with E-state index in [0.29, 0.717) is 33.4 Å². The van der Waals surface area contributed by atoms with Gasteiger partial charge in [0.2, 0.25) is 11.7 Å². The van der Waals surface area contributed by atoms with Gasteiger partial charge in [-0.1, -0.05) is 6.07 Å². The number of aliphatic hydroxyl groups is 2.